The van der Waals surface area contributed by atoms with E-state index in [1.165, 1.54) is 6.08 Å². The van der Waals surface area contributed by atoms with E-state index in [9.17, 15) is 18.0 Å². The Morgan fingerprint density at radius 2 is 2.24 bits per heavy atom. The molecular weight excluding hydrogens is 303 g/mol. The third-order valence-corrected chi connectivity index (χ3v) is 2.63. The highest BCUT2D eigenvalue weighted by atomic mass is 79.9. The maximum absolute atomic E-state index is 12.6. The van der Waals surface area contributed by atoms with Gasteiger partial charge in [-0.3, -0.25) is 9.48 Å². The number of carbonyl (C=O) groups is 1. The van der Waals surface area contributed by atoms with Crippen molar-refractivity contribution >= 4 is 21.8 Å². The van der Waals surface area contributed by atoms with Crippen LogP contribution in [-0.2, 0) is 13.2 Å². The van der Waals surface area contributed by atoms with Crippen LogP contribution in [0.3, 0.4) is 0 Å². The molecule has 1 aromatic heterocycles. The van der Waals surface area contributed by atoms with E-state index < -0.39 is 17.8 Å². The number of hydrogen-bond donors (Lipinski definition) is 1. The largest absolute Gasteiger partial charge is 0.434 e. The number of aryl methyl sites for hydroxylation is 1. The monoisotopic (exact) mass is 311 g/mol. The van der Waals surface area contributed by atoms with Crippen LogP contribution in [0.5, 0.6) is 0 Å². The summed E-state index contributed by atoms with van der Waals surface area (Å²) in [6.45, 7) is 3.53. The summed E-state index contributed by atoms with van der Waals surface area (Å²) in [6.07, 6.45) is -3.16. The molecule has 0 saturated carbocycles. The highest BCUT2D eigenvalue weighted by Crippen LogP contribution is 2.36. The van der Waals surface area contributed by atoms with Crippen molar-refractivity contribution in [2.45, 2.75) is 6.18 Å². The lowest BCUT2D eigenvalue weighted by atomic mass is 10.3. The van der Waals surface area contributed by atoms with Crippen LogP contribution < -0.4 is 5.32 Å². The Morgan fingerprint density at radius 1 is 1.65 bits per heavy atom. The topological polar surface area (TPSA) is 46.9 Å². The predicted molar refractivity (Wildman–Crippen MR) is 58.4 cm³/mol. The molecule has 0 aromatic carbocycles. The lowest BCUT2D eigenvalue weighted by Crippen LogP contribution is -2.24. The minimum Gasteiger partial charge on any atom is -0.347 e. The van der Waals surface area contributed by atoms with Gasteiger partial charge in [-0.15, -0.1) is 6.58 Å². The Kier molecular flexibility index (Phi) is 3.97. The molecule has 1 rings (SSSR count). The van der Waals surface area contributed by atoms with Crippen molar-refractivity contribution in [2.75, 3.05) is 6.54 Å². The van der Waals surface area contributed by atoms with Crippen molar-refractivity contribution < 1.29 is 18.0 Å². The molecule has 0 atom stereocenters. The van der Waals surface area contributed by atoms with Gasteiger partial charge in [-0.2, -0.15) is 18.3 Å². The van der Waals surface area contributed by atoms with E-state index in [2.05, 4.69) is 32.9 Å². The van der Waals surface area contributed by atoms with Crippen LogP contribution in [0.4, 0.5) is 13.2 Å². The first-order chi connectivity index (χ1) is 7.79. The molecule has 8 heteroatoms. The van der Waals surface area contributed by atoms with Crippen LogP contribution in [0.15, 0.2) is 17.1 Å². The van der Waals surface area contributed by atoms with E-state index in [4.69, 9.17) is 0 Å². The summed E-state index contributed by atoms with van der Waals surface area (Å²) in [4.78, 5) is 11.5. The molecule has 1 aromatic rings. The Morgan fingerprint density at radius 3 is 2.65 bits per heavy atom. The molecule has 0 aliphatic rings. The van der Waals surface area contributed by atoms with Gasteiger partial charge in [0.2, 0.25) is 0 Å². The average molecular weight is 312 g/mol. The van der Waals surface area contributed by atoms with Crippen molar-refractivity contribution in [1.82, 2.24) is 15.1 Å². The summed E-state index contributed by atoms with van der Waals surface area (Å²) < 4.78 is 38.1. The van der Waals surface area contributed by atoms with Crippen LogP contribution in [-0.4, -0.2) is 22.2 Å². The number of nitrogens with zero attached hydrogens (tertiary/aromatic N) is 2. The van der Waals surface area contributed by atoms with E-state index in [-0.39, 0.29) is 16.7 Å². The molecule has 4 nitrogen and oxygen atoms in total. The summed E-state index contributed by atoms with van der Waals surface area (Å²) in [5, 5.41) is 5.88. The molecule has 1 N–H and O–H groups in total. The SMILES string of the molecule is C=CCNC(=O)c1nn(C)c(C(F)(F)F)c1Br. The highest BCUT2D eigenvalue weighted by Gasteiger charge is 2.39. The third-order valence-electron chi connectivity index (χ3n) is 1.88. The summed E-state index contributed by atoms with van der Waals surface area (Å²) in [5.41, 5.74) is -1.30. The number of nitrogens with one attached hydrogen (secondary N) is 1. The van der Waals surface area contributed by atoms with Gasteiger partial charge in [-0.05, 0) is 15.9 Å². The second kappa shape index (κ2) is 4.91. The molecule has 1 amide bonds. The molecule has 0 spiro atoms. The molecule has 94 valence electrons. The highest BCUT2D eigenvalue weighted by molar-refractivity contribution is 9.10. The Hall–Kier alpha value is -1.31. The summed E-state index contributed by atoms with van der Waals surface area (Å²) >= 11 is 2.74. The maximum atomic E-state index is 12.6. The normalized spacial score (nSPS) is 11.4. The molecule has 0 aliphatic carbocycles. The van der Waals surface area contributed by atoms with Gasteiger partial charge in [0.1, 0.15) is 0 Å². The third kappa shape index (κ3) is 2.87. The van der Waals surface area contributed by atoms with Gasteiger partial charge < -0.3 is 5.32 Å². The van der Waals surface area contributed by atoms with Gasteiger partial charge in [0.05, 0.1) is 4.47 Å². The molecular formula is C9H9BrF3N3O. The summed E-state index contributed by atoms with van der Waals surface area (Å²) in [5.74, 6) is -0.692. The first-order valence-corrected chi connectivity index (χ1v) is 5.27. The van der Waals surface area contributed by atoms with Gasteiger partial charge in [0, 0.05) is 13.6 Å². The Bertz CT molecular complexity index is 453. The predicted octanol–water partition coefficient (Wildman–Crippen LogP) is 2.12. The minimum atomic E-state index is -4.57. The number of alkyl halides is 3. The quantitative estimate of drug-likeness (QED) is 0.869. The number of amides is 1. The lowest BCUT2D eigenvalue weighted by Gasteiger charge is -2.06. The maximum Gasteiger partial charge on any atom is 0.434 e. The molecule has 0 bridgehead atoms. The van der Waals surface area contributed by atoms with Crippen molar-refractivity contribution in [3.63, 3.8) is 0 Å². The molecule has 0 aliphatic heterocycles. The fourth-order valence-corrected chi connectivity index (χ4v) is 1.94. The zero-order valence-electron chi connectivity index (χ0n) is 8.81. The van der Waals surface area contributed by atoms with E-state index in [0.29, 0.717) is 4.68 Å². The lowest BCUT2D eigenvalue weighted by molar-refractivity contribution is -0.144. The number of rotatable bonds is 3. The van der Waals surface area contributed by atoms with Crippen molar-refractivity contribution in [3.8, 4) is 0 Å². The van der Waals surface area contributed by atoms with Crippen molar-refractivity contribution in [3.05, 3.63) is 28.5 Å². The Labute approximate surface area is 104 Å². The van der Waals surface area contributed by atoms with E-state index in [1.807, 2.05) is 0 Å². The first-order valence-electron chi connectivity index (χ1n) is 4.47. The van der Waals surface area contributed by atoms with Gasteiger partial charge >= 0.3 is 6.18 Å². The molecule has 17 heavy (non-hydrogen) atoms. The van der Waals surface area contributed by atoms with Crippen LogP contribution in [0, 0.1) is 0 Å². The molecule has 1 heterocycles. The van der Waals surface area contributed by atoms with Crippen LogP contribution in [0.1, 0.15) is 16.2 Å². The minimum absolute atomic E-state index is 0.156. The smallest absolute Gasteiger partial charge is 0.347 e. The number of halogens is 4. The first kappa shape index (κ1) is 13.8. The fourth-order valence-electron chi connectivity index (χ4n) is 1.20. The molecule has 0 saturated heterocycles. The Balaban J connectivity index is 3.13. The van der Waals surface area contributed by atoms with E-state index >= 15 is 0 Å². The molecule has 0 fully saturated rings. The van der Waals surface area contributed by atoms with Gasteiger partial charge in [0.25, 0.3) is 5.91 Å². The van der Waals surface area contributed by atoms with Crippen LogP contribution >= 0.6 is 15.9 Å². The summed E-state index contributed by atoms with van der Waals surface area (Å²) in [6, 6.07) is 0. The van der Waals surface area contributed by atoms with Gasteiger partial charge in [-0.1, -0.05) is 6.08 Å². The summed E-state index contributed by atoms with van der Waals surface area (Å²) in [7, 11) is 1.12. The zero-order chi connectivity index (χ0) is 13.2. The number of aromatic nitrogens is 2. The van der Waals surface area contributed by atoms with Crippen molar-refractivity contribution in [1.29, 1.82) is 0 Å². The zero-order valence-corrected chi connectivity index (χ0v) is 10.4. The number of hydrogen-bond acceptors (Lipinski definition) is 2. The van der Waals surface area contributed by atoms with Gasteiger partial charge in [-0.25, -0.2) is 0 Å². The second-order valence-corrected chi connectivity index (χ2v) is 3.92. The average Bonchev–Trinajstić information content (AvgIpc) is 2.49. The molecule has 0 unspecified atom stereocenters. The number of carbonyl (C=O) groups excluding carboxylic acids is 1. The van der Waals surface area contributed by atoms with Crippen LogP contribution in [0.25, 0.3) is 0 Å². The van der Waals surface area contributed by atoms with Crippen molar-refractivity contribution in [2.24, 2.45) is 7.05 Å². The molecule has 0 radical (unpaired) electrons. The van der Waals surface area contributed by atoms with Gasteiger partial charge in [0.15, 0.2) is 11.4 Å². The standard InChI is InChI=1S/C9H9BrF3N3O/c1-3-4-14-8(17)6-5(10)7(9(11,12)13)16(2)15-6/h3H,1,4H2,2H3,(H,14,17). The second-order valence-electron chi connectivity index (χ2n) is 3.13. The van der Waals surface area contributed by atoms with E-state index in [1.54, 1.807) is 0 Å². The van der Waals surface area contributed by atoms with Crippen LogP contribution in [0.2, 0.25) is 0 Å². The fraction of sp³-hybridized carbons (Fsp3) is 0.333. The van der Waals surface area contributed by atoms with E-state index in [0.717, 1.165) is 7.05 Å².